The van der Waals surface area contributed by atoms with Crippen molar-refractivity contribution in [3.63, 3.8) is 0 Å². The first-order valence-corrected chi connectivity index (χ1v) is 9.17. The summed E-state index contributed by atoms with van der Waals surface area (Å²) >= 11 is 1.51. The van der Waals surface area contributed by atoms with Gasteiger partial charge in [0.1, 0.15) is 11.8 Å². The Labute approximate surface area is 157 Å². The standard InChI is InChI=1S/C19H23N3O3S/c1-13(2)18(21-17(23)11-15-8-6-10-26-15)19(24)22-20-12-14-7-4-5-9-16(14)25-3/h4-10,12-13,18H,11H2,1-3H3,(H,21,23)(H,22,24)/b20-12+/t18-/m0/s1. The van der Waals surface area contributed by atoms with Crippen molar-refractivity contribution < 1.29 is 14.3 Å². The highest BCUT2D eigenvalue weighted by Crippen LogP contribution is 2.14. The van der Waals surface area contributed by atoms with E-state index in [1.54, 1.807) is 7.11 Å². The van der Waals surface area contributed by atoms with Crippen LogP contribution in [0.4, 0.5) is 0 Å². The summed E-state index contributed by atoms with van der Waals surface area (Å²) < 4.78 is 5.23. The van der Waals surface area contributed by atoms with Gasteiger partial charge in [0.05, 0.1) is 19.7 Å². The van der Waals surface area contributed by atoms with E-state index >= 15 is 0 Å². The molecule has 2 aromatic rings. The monoisotopic (exact) mass is 373 g/mol. The van der Waals surface area contributed by atoms with Crippen LogP contribution in [-0.4, -0.2) is 31.2 Å². The zero-order valence-electron chi connectivity index (χ0n) is 15.1. The van der Waals surface area contributed by atoms with E-state index in [9.17, 15) is 9.59 Å². The number of nitrogens with zero attached hydrogens (tertiary/aromatic N) is 1. The molecule has 138 valence electrons. The summed E-state index contributed by atoms with van der Waals surface area (Å²) in [6, 6.07) is 10.5. The highest BCUT2D eigenvalue weighted by Gasteiger charge is 2.24. The van der Waals surface area contributed by atoms with Crippen LogP contribution in [-0.2, 0) is 16.0 Å². The Bertz CT molecular complexity index is 757. The van der Waals surface area contributed by atoms with Crippen LogP contribution >= 0.6 is 11.3 Å². The Morgan fingerprint density at radius 1 is 1.23 bits per heavy atom. The molecular formula is C19H23N3O3S. The average molecular weight is 373 g/mol. The van der Waals surface area contributed by atoms with E-state index in [4.69, 9.17) is 4.74 Å². The minimum absolute atomic E-state index is 0.0660. The van der Waals surface area contributed by atoms with E-state index in [0.717, 1.165) is 10.4 Å². The minimum atomic E-state index is -0.655. The molecule has 1 atom stereocenters. The van der Waals surface area contributed by atoms with Crippen LogP contribution in [0.3, 0.4) is 0 Å². The maximum atomic E-state index is 12.4. The number of para-hydroxylation sites is 1. The summed E-state index contributed by atoms with van der Waals surface area (Å²) in [7, 11) is 1.57. The molecule has 26 heavy (non-hydrogen) atoms. The molecule has 0 fully saturated rings. The van der Waals surface area contributed by atoms with Crippen molar-refractivity contribution in [2.45, 2.75) is 26.3 Å². The fourth-order valence-corrected chi connectivity index (χ4v) is 3.04. The number of amides is 2. The molecule has 0 saturated carbocycles. The number of hydrogen-bond acceptors (Lipinski definition) is 5. The Morgan fingerprint density at radius 2 is 2.00 bits per heavy atom. The van der Waals surface area contributed by atoms with Gasteiger partial charge in [0.25, 0.3) is 5.91 Å². The third kappa shape index (κ3) is 5.70. The van der Waals surface area contributed by atoms with Gasteiger partial charge in [0.2, 0.25) is 5.91 Å². The molecule has 7 heteroatoms. The summed E-state index contributed by atoms with van der Waals surface area (Å²) in [5.41, 5.74) is 3.24. The van der Waals surface area contributed by atoms with Gasteiger partial charge < -0.3 is 10.1 Å². The normalized spacial score (nSPS) is 12.2. The van der Waals surface area contributed by atoms with Crippen molar-refractivity contribution in [3.05, 3.63) is 52.2 Å². The summed E-state index contributed by atoms with van der Waals surface area (Å²) in [5, 5.41) is 8.68. The molecule has 0 radical (unpaired) electrons. The summed E-state index contributed by atoms with van der Waals surface area (Å²) in [5.74, 6) is 0.0552. The Balaban J connectivity index is 1.95. The molecule has 2 amide bonds. The molecule has 2 rings (SSSR count). The van der Waals surface area contributed by atoms with Crippen molar-refractivity contribution in [3.8, 4) is 5.75 Å². The lowest BCUT2D eigenvalue weighted by Gasteiger charge is -2.20. The third-order valence-electron chi connectivity index (χ3n) is 3.70. The van der Waals surface area contributed by atoms with Gasteiger partial charge in [0.15, 0.2) is 0 Å². The second-order valence-corrected chi connectivity index (χ2v) is 7.05. The van der Waals surface area contributed by atoms with Crippen LogP contribution in [0.1, 0.15) is 24.3 Å². The van der Waals surface area contributed by atoms with E-state index in [1.165, 1.54) is 17.6 Å². The summed E-state index contributed by atoms with van der Waals surface area (Å²) in [4.78, 5) is 25.5. The summed E-state index contributed by atoms with van der Waals surface area (Å²) in [6.45, 7) is 3.75. The number of rotatable bonds is 8. The van der Waals surface area contributed by atoms with Crippen LogP contribution in [0.5, 0.6) is 5.75 Å². The predicted octanol–water partition coefficient (Wildman–Crippen LogP) is 2.59. The topological polar surface area (TPSA) is 79.8 Å². The van der Waals surface area contributed by atoms with Gasteiger partial charge in [-0.15, -0.1) is 11.3 Å². The van der Waals surface area contributed by atoms with Gasteiger partial charge in [-0.2, -0.15) is 5.10 Å². The zero-order valence-corrected chi connectivity index (χ0v) is 15.9. The minimum Gasteiger partial charge on any atom is -0.496 e. The number of nitrogens with one attached hydrogen (secondary N) is 2. The van der Waals surface area contributed by atoms with E-state index in [1.807, 2.05) is 55.6 Å². The van der Waals surface area contributed by atoms with Gasteiger partial charge in [0, 0.05) is 10.4 Å². The first-order chi connectivity index (χ1) is 12.5. The van der Waals surface area contributed by atoms with Gasteiger partial charge >= 0.3 is 0 Å². The molecule has 6 nitrogen and oxygen atoms in total. The van der Waals surface area contributed by atoms with Crippen molar-refractivity contribution in [1.29, 1.82) is 0 Å². The van der Waals surface area contributed by atoms with Crippen LogP contribution in [0, 0.1) is 5.92 Å². The fourth-order valence-electron chi connectivity index (χ4n) is 2.34. The first kappa shape index (κ1) is 19.7. The van der Waals surface area contributed by atoms with Gasteiger partial charge in [-0.25, -0.2) is 5.43 Å². The number of thiophene rings is 1. The molecule has 0 bridgehead atoms. The lowest BCUT2D eigenvalue weighted by molar-refractivity contribution is -0.129. The highest BCUT2D eigenvalue weighted by molar-refractivity contribution is 7.10. The molecule has 0 unspecified atom stereocenters. The van der Waals surface area contributed by atoms with Crippen LogP contribution < -0.4 is 15.5 Å². The Hall–Kier alpha value is -2.67. The molecule has 0 spiro atoms. The molecular weight excluding hydrogens is 350 g/mol. The number of ether oxygens (including phenoxy) is 1. The molecule has 1 heterocycles. The molecule has 1 aromatic carbocycles. The highest BCUT2D eigenvalue weighted by atomic mass is 32.1. The van der Waals surface area contributed by atoms with Gasteiger partial charge in [-0.1, -0.05) is 32.0 Å². The maximum Gasteiger partial charge on any atom is 0.262 e. The Kier molecular flexibility index (Phi) is 7.35. The molecule has 0 saturated heterocycles. The third-order valence-corrected chi connectivity index (χ3v) is 4.57. The number of hydrazone groups is 1. The van der Waals surface area contributed by atoms with Gasteiger partial charge in [-0.05, 0) is 29.5 Å². The number of carbonyl (C=O) groups excluding carboxylic acids is 2. The quantitative estimate of drug-likeness (QED) is 0.551. The molecule has 0 aliphatic rings. The number of hydrogen-bond donors (Lipinski definition) is 2. The van der Waals surface area contributed by atoms with E-state index < -0.39 is 6.04 Å². The predicted molar refractivity (Wildman–Crippen MR) is 104 cm³/mol. The molecule has 0 aliphatic carbocycles. The number of benzene rings is 1. The molecule has 0 aliphatic heterocycles. The van der Waals surface area contributed by atoms with Crippen molar-refractivity contribution >= 4 is 29.4 Å². The van der Waals surface area contributed by atoms with Crippen molar-refractivity contribution in [2.24, 2.45) is 11.0 Å². The molecule has 2 N–H and O–H groups in total. The van der Waals surface area contributed by atoms with Crippen LogP contribution in [0.25, 0.3) is 0 Å². The smallest absolute Gasteiger partial charge is 0.262 e. The first-order valence-electron chi connectivity index (χ1n) is 8.29. The second-order valence-electron chi connectivity index (χ2n) is 6.02. The van der Waals surface area contributed by atoms with E-state index in [0.29, 0.717) is 5.75 Å². The maximum absolute atomic E-state index is 12.4. The lowest BCUT2D eigenvalue weighted by atomic mass is 10.0. The van der Waals surface area contributed by atoms with Crippen molar-refractivity contribution in [1.82, 2.24) is 10.7 Å². The van der Waals surface area contributed by atoms with E-state index in [2.05, 4.69) is 15.8 Å². The summed E-state index contributed by atoms with van der Waals surface area (Å²) in [6.07, 6.45) is 1.78. The van der Waals surface area contributed by atoms with Crippen LogP contribution in [0.2, 0.25) is 0 Å². The van der Waals surface area contributed by atoms with Crippen LogP contribution in [0.15, 0.2) is 46.9 Å². The largest absolute Gasteiger partial charge is 0.496 e. The fraction of sp³-hybridized carbons (Fsp3) is 0.316. The Morgan fingerprint density at radius 3 is 2.65 bits per heavy atom. The lowest BCUT2D eigenvalue weighted by Crippen LogP contribution is -2.49. The van der Waals surface area contributed by atoms with Gasteiger partial charge in [-0.3, -0.25) is 9.59 Å². The zero-order chi connectivity index (χ0) is 18.9. The van der Waals surface area contributed by atoms with E-state index in [-0.39, 0.29) is 24.2 Å². The average Bonchev–Trinajstić information content (AvgIpc) is 3.12. The number of methoxy groups -OCH3 is 1. The number of carbonyl (C=O) groups is 2. The van der Waals surface area contributed by atoms with Crippen molar-refractivity contribution in [2.75, 3.05) is 7.11 Å². The second kappa shape index (κ2) is 9.72. The SMILES string of the molecule is COc1ccccc1/C=N/NC(=O)[C@@H](NC(=O)Cc1cccs1)C(C)C. The molecule has 1 aromatic heterocycles.